The lowest BCUT2D eigenvalue weighted by Gasteiger charge is -2.16. The molecule has 2 aromatic carbocycles. The van der Waals surface area contributed by atoms with Gasteiger partial charge in [-0.25, -0.2) is 4.79 Å². The van der Waals surface area contributed by atoms with Crippen LogP contribution in [0.4, 0.5) is 0 Å². The summed E-state index contributed by atoms with van der Waals surface area (Å²) in [6, 6.07) is 15.1. The van der Waals surface area contributed by atoms with E-state index in [4.69, 9.17) is 17.0 Å². The van der Waals surface area contributed by atoms with Gasteiger partial charge in [-0.3, -0.25) is 20.2 Å². The van der Waals surface area contributed by atoms with E-state index in [0.29, 0.717) is 11.1 Å². The summed E-state index contributed by atoms with van der Waals surface area (Å²) in [6.45, 7) is 0. The summed E-state index contributed by atoms with van der Waals surface area (Å²) in [7, 11) is 0. The molecule has 0 spiro atoms. The number of amides is 2. The summed E-state index contributed by atoms with van der Waals surface area (Å²) in [5, 5.41) is 4.66. The Hall–Kier alpha value is -3.32. The standard InChI is InChI=1S/C18H12N2O4S/c21-15-13(16(22)20-18(25)19-15)10-12-8-4-5-9-14(12)24-17(23)11-6-2-1-3-7-11/h1-10H,(H2,19,20,21,22,25). The first-order chi connectivity index (χ1) is 12.0. The molecule has 1 aliphatic rings. The number of benzene rings is 2. The number of nitrogens with one attached hydrogen (secondary N) is 2. The lowest BCUT2D eigenvalue weighted by molar-refractivity contribution is -0.123. The molecule has 25 heavy (non-hydrogen) atoms. The van der Waals surface area contributed by atoms with Crippen molar-refractivity contribution < 1.29 is 19.1 Å². The Morgan fingerprint density at radius 2 is 1.52 bits per heavy atom. The molecule has 2 N–H and O–H groups in total. The van der Waals surface area contributed by atoms with Crippen molar-refractivity contribution in [3.8, 4) is 5.75 Å². The minimum Gasteiger partial charge on any atom is -0.422 e. The monoisotopic (exact) mass is 352 g/mol. The van der Waals surface area contributed by atoms with E-state index in [1.807, 2.05) is 0 Å². The molecule has 0 unspecified atom stereocenters. The van der Waals surface area contributed by atoms with Gasteiger partial charge in [-0.1, -0.05) is 36.4 Å². The molecule has 1 fully saturated rings. The molecule has 0 aliphatic carbocycles. The molecule has 1 heterocycles. The highest BCUT2D eigenvalue weighted by Crippen LogP contribution is 2.23. The predicted octanol–water partition coefficient (Wildman–Crippen LogP) is 1.82. The maximum absolute atomic E-state index is 12.2. The number of thiocarbonyl (C=S) groups is 1. The topological polar surface area (TPSA) is 84.5 Å². The van der Waals surface area contributed by atoms with Gasteiger partial charge in [0.2, 0.25) is 0 Å². The van der Waals surface area contributed by atoms with Crippen molar-refractivity contribution in [1.82, 2.24) is 10.6 Å². The third-order valence-corrected chi connectivity index (χ3v) is 3.58. The first-order valence-corrected chi connectivity index (χ1v) is 7.70. The number of hydrogen-bond donors (Lipinski definition) is 2. The largest absolute Gasteiger partial charge is 0.422 e. The van der Waals surface area contributed by atoms with Gasteiger partial charge in [-0.15, -0.1) is 0 Å². The molecule has 1 aliphatic heterocycles. The lowest BCUT2D eigenvalue weighted by Crippen LogP contribution is -2.51. The van der Waals surface area contributed by atoms with Crippen LogP contribution in [-0.2, 0) is 9.59 Å². The molecule has 2 amide bonds. The SMILES string of the molecule is O=C1NC(=S)NC(=O)C1=Cc1ccccc1OC(=O)c1ccccc1. The summed E-state index contributed by atoms with van der Waals surface area (Å²) >= 11 is 4.75. The van der Waals surface area contributed by atoms with Crippen LogP contribution in [0.5, 0.6) is 5.75 Å². The average Bonchev–Trinajstić information content (AvgIpc) is 2.60. The Labute approximate surface area is 148 Å². The highest BCUT2D eigenvalue weighted by Gasteiger charge is 2.26. The van der Waals surface area contributed by atoms with E-state index >= 15 is 0 Å². The van der Waals surface area contributed by atoms with Gasteiger partial charge in [0.1, 0.15) is 11.3 Å². The van der Waals surface area contributed by atoms with Crippen LogP contribution in [0, 0.1) is 0 Å². The molecule has 6 nitrogen and oxygen atoms in total. The van der Waals surface area contributed by atoms with E-state index in [-0.39, 0.29) is 16.4 Å². The normalized spacial score (nSPS) is 13.8. The number of rotatable bonds is 3. The van der Waals surface area contributed by atoms with Gasteiger partial charge in [0.25, 0.3) is 11.8 Å². The van der Waals surface area contributed by atoms with E-state index in [9.17, 15) is 14.4 Å². The molecule has 3 rings (SSSR count). The highest BCUT2D eigenvalue weighted by atomic mass is 32.1. The second-order valence-electron chi connectivity index (χ2n) is 5.09. The van der Waals surface area contributed by atoms with Crippen LogP contribution in [0.3, 0.4) is 0 Å². The molecule has 0 bridgehead atoms. The Morgan fingerprint density at radius 1 is 0.920 bits per heavy atom. The van der Waals surface area contributed by atoms with Gasteiger partial charge in [0.05, 0.1) is 5.56 Å². The minimum atomic E-state index is -0.613. The minimum absolute atomic E-state index is 0.0454. The molecule has 2 aromatic rings. The van der Waals surface area contributed by atoms with Gasteiger partial charge in [0, 0.05) is 5.56 Å². The Morgan fingerprint density at radius 3 is 2.20 bits per heavy atom. The molecule has 1 saturated heterocycles. The molecule has 0 radical (unpaired) electrons. The molecule has 0 aromatic heterocycles. The zero-order valence-corrected chi connectivity index (χ0v) is 13.6. The summed E-state index contributed by atoms with van der Waals surface area (Å²) in [4.78, 5) is 36.1. The zero-order valence-electron chi connectivity index (χ0n) is 12.8. The van der Waals surface area contributed by atoms with Crippen LogP contribution in [0.25, 0.3) is 6.08 Å². The summed E-state index contributed by atoms with van der Waals surface area (Å²) < 4.78 is 5.39. The zero-order chi connectivity index (χ0) is 17.8. The number of ether oxygens (including phenoxy) is 1. The third kappa shape index (κ3) is 3.78. The van der Waals surface area contributed by atoms with Crippen molar-refractivity contribution in [1.29, 1.82) is 0 Å². The van der Waals surface area contributed by atoms with Crippen molar-refractivity contribution in [3.63, 3.8) is 0 Å². The summed E-state index contributed by atoms with van der Waals surface area (Å²) in [5.74, 6) is -1.53. The molecule has 0 saturated carbocycles. The molecular formula is C18H12N2O4S. The number of esters is 1. The lowest BCUT2D eigenvalue weighted by atomic mass is 10.1. The van der Waals surface area contributed by atoms with E-state index < -0.39 is 17.8 Å². The molecule has 124 valence electrons. The van der Waals surface area contributed by atoms with Crippen LogP contribution in [-0.4, -0.2) is 22.9 Å². The third-order valence-electron chi connectivity index (χ3n) is 3.37. The molecule has 7 heteroatoms. The van der Waals surface area contributed by atoms with Gasteiger partial charge in [0.15, 0.2) is 5.11 Å². The van der Waals surface area contributed by atoms with Gasteiger partial charge >= 0.3 is 5.97 Å². The summed E-state index contributed by atoms with van der Waals surface area (Å²) in [6.07, 6.45) is 1.35. The fourth-order valence-electron chi connectivity index (χ4n) is 2.19. The Balaban J connectivity index is 1.90. The van der Waals surface area contributed by atoms with Crippen LogP contribution in [0.15, 0.2) is 60.2 Å². The van der Waals surface area contributed by atoms with Crippen molar-refractivity contribution >= 4 is 41.2 Å². The van der Waals surface area contributed by atoms with Crippen LogP contribution in [0.2, 0.25) is 0 Å². The van der Waals surface area contributed by atoms with Crippen LogP contribution in [0.1, 0.15) is 15.9 Å². The Kier molecular flexibility index (Phi) is 4.67. The fourth-order valence-corrected chi connectivity index (χ4v) is 2.37. The van der Waals surface area contributed by atoms with Crippen molar-refractivity contribution in [2.45, 2.75) is 0 Å². The molecule has 0 atom stereocenters. The summed E-state index contributed by atoms with van der Waals surface area (Å²) in [5.41, 5.74) is 0.681. The van der Waals surface area contributed by atoms with Crippen molar-refractivity contribution in [3.05, 3.63) is 71.3 Å². The predicted molar refractivity (Wildman–Crippen MR) is 94.7 cm³/mol. The first kappa shape index (κ1) is 16.5. The smallest absolute Gasteiger partial charge is 0.343 e. The molecular weight excluding hydrogens is 340 g/mol. The maximum atomic E-state index is 12.2. The maximum Gasteiger partial charge on any atom is 0.343 e. The first-order valence-electron chi connectivity index (χ1n) is 7.29. The van der Waals surface area contributed by atoms with Crippen LogP contribution >= 0.6 is 12.2 Å². The highest BCUT2D eigenvalue weighted by molar-refractivity contribution is 7.80. The van der Waals surface area contributed by atoms with E-state index in [0.717, 1.165) is 0 Å². The van der Waals surface area contributed by atoms with Crippen molar-refractivity contribution in [2.75, 3.05) is 0 Å². The number of para-hydroxylation sites is 1. The van der Waals surface area contributed by atoms with Crippen molar-refractivity contribution in [2.24, 2.45) is 0 Å². The average molecular weight is 352 g/mol. The number of carbonyl (C=O) groups excluding carboxylic acids is 3. The van der Waals surface area contributed by atoms with Gasteiger partial charge < -0.3 is 4.74 Å². The number of hydrogen-bond acceptors (Lipinski definition) is 5. The number of carbonyl (C=O) groups is 3. The van der Waals surface area contributed by atoms with E-state index in [2.05, 4.69) is 10.6 Å². The van der Waals surface area contributed by atoms with E-state index in [1.165, 1.54) is 6.08 Å². The van der Waals surface area contributed by atoms with Crippen LogP contribution < -0.4 is 15.4 Å². The van der Waals surface area contributed by atoms with E-state index in [1.54, 1.807) is 54.6 Å². The Bertz CT molecular complexity index is 884. The fraction of sp³-hybridized carbons (Fsp3) is 0. The van der Waals surface area contributed by atoms with Gasteiger partial charge in [-0.2, -0.15) is 0 Å². The quantitative estimate of drug-likeness (QED) is 0.289. The van der Waals surface area contributed by atoms with Gasteiger partial charge in [-0.05, 0) is 36.5 Å². The second-order valence-corrected chi connectivity index (χ2v) is 5.50. The second kappa shape index (κ2) is 7.06.